The third kappa shape index (κ3) is 3.56. The third-order valence-electron chi connectivity index (χ3n) is 2.63. The first-order valence-corrected chi connectivity index (χ1v) is 6.07. The minimum absolute atomic E-state index is 0.0972. The number of aromatic nitrogens is 3. The minimum Gasteiger partial charge on any atom is -0.481 e. The molecule has 2 rings (SSSR count). The topological polar surface area (TPSA) is 106 Å². The molecule has 0 radical (unpaired) electrons. The summed E-state index contributed by atoms with van der Waals surface area (Å²) in [5.74, 6) is -1.10. The first-order valence-electron chi connectivity index (χ1n) is 6.07. The molecule has 1 amide bonds. The molecule has 0 aliphatic carbocycles. The second kappa shape index (κ2) is 6.04. The fourth-order valence-electron chi connectivity index (χ4n) is 1.77. The molecule has 0 bridgehead atoms. The predicted molar refractivity (Wildman–Crippen MR) is 73.3 cm³/mol. The Morgan fingerprint density at radius 3 is 2.86 bits per heavy atom. The van der Waals surface area contributed by atoms with Gasteiger partial charge in [-0.05, 0) is 19.1 Å². The zero-order chi connectivity index (χ0) is 15.4. The molecule has 0 spiro atoms. The Bertz CT molecular complexity index is 681. The number of aryl methyl sites for hydroxylation is 1. The molecule has 2 aromatic heterocycles. The highest BCUT2D eigenvalue weighted by atomic mass is 16.5. The number of hydrogen-bond donors (Lipinski definition) is 2. The number of anilines is 1. The Hall–Kier alpha value is -2.90. The van der Waals surface area contributed by atoms with Crippen LogP contribution in [0.4, 0.5) is 5.95 Å². The lowest BCUT2D eigenvalue weighted by atomic mass is 10.4. The predicted octanol–water partition coefficient (Wildman–Crippen LogP) is 0.932. The van der Waals surface area contributed by atoms with Gasteiger partial charge in [0.2, 0.25) is 11.8 Å². The smallest absolute Gasteiger partial charge is 0.323 e. The molecule has 2 heterocycles. The summed E-state index contributed by atoms with van der Waals surface area (Å²) < 4.78 is 6.32. The fraction of sp³-hybridized carbons (Fsp3) is 0.231. The van der Waals surface area contributed by atoms with Gasteiger partial charge < -0.3 is 14.4 Å². The van der Waals surface area contributed by atoms with Crippen molar-refractivity contribution in [2.75, 3.05) is 12.4 Å². The van der Waals surface area contributed by atoms with Crippen LogP contribution in [0.25, 0.3) is 0 Å². The van der Waals surface area contributed by atoms with Crippen LogP contribution < -0.4 is 10.1 Å². The lowest BCUT2D eigenvalue weighted by Crippen LogP contribution is -2.20. The zero-order valence-electron chi connectivity index (χ0n) is 11.5. The Morgan fingerprint density at radius 1 is 1.43 bits per heavy atom. The number of ether oxygens (including phenoxy) is 1. The number of nitrogens with one attached hydrogen (secondary N) is 1. The number of carbonyl (C=O) groups excluding carboxylic acids is 1. The maximum absolute atomic E-state index is 12.1. The van der Waals surface area contributed by atoms with Gasteiger partial charge in [-0.15, -0.1) is 0 Å². The van der Waals surface area contributed by atoms with Gasteiger partial charge in [-0.1, -0.05) is 0 Å². The molecule has 0 aromatic carbocycles. The van der Waals surface area contributed by atoms with Gasteiger partial charge in [-0.2, -0.15) is 4.98 Å². The Morgan fingerprint density at radius 2 is 2.19 bits per heavy atom. The van der Waals surface area contributed by atoms with Crippen LogP contribution in [-0.4, -0.2) is 38.6 Å². The van der Waals surface area contributed by atoms with E-state index in [1.165, 1.54) is 23.9 Å². The van der Waals surface area contributed by atoms with Gasteiger partial charge in [-0.3, -0.25) is 14.9 Å². The zero-order valence-corrected chi connectivity index (χ0v) is 11.5. The molecule has 8 nitrogen and oxygen atoms in total. The van der Waals surface area contributed by atoms with Crippen molar-refractivity contribution < 1.29 is 19.4 Å². The van der Waals surface area contributed by atoms with E-state index >= 15 is 0 Å². The van der Waals surface area contributed by atoms with Gasteiger partial charge in [0, 0.05) is 18.0 Å². The number of amides is 1. The second-order valence-electron chi connectivity index (χ2n) is 4.24. The molecule has 21 heavy (non-hydrogen) atoms. The van der Waals surface area contributed by atoms with Gasteiger partial charge in [-0.25, -0.2) is 4.98 Å². The van der Waals surface area contributed by atoms with Crippen LogP contribution in [0.5, 0.6) is 5.88 Å². The van der Waals surface area contributed by atoms with Crippen molar-refractivity contribution in [3.8, 4) is 5.88 Å². The van der Waals surface area contributed by atoms with Crippen molar-refractivity contribution in [3.63, 3.8) is 0 Å². The normalized spacial score (nSPS) is 10.2. The van der Waals surface area contributed by atoms with Crippen molar-refractivity contribution in [2.45, 2.75) is 13.5 Å². The average Bonchev–Trinajstić information content (AvgIpc) is 2.85. The van der Waals surface area contributed by atoms with Gasteiger partial charge in [0.1, 0.15) is 12.2 Å². The van der Waals surface area contributed by atoms with Gasteiger partial charge in [0.05, 0.1) is 7.11 Å². The van der Waals surface area contributed by atoms with Crippen LogP contribution in [0.1, 0.15) is 16.2 Å². The molecule has 0 saturated heterocycles. The van der Waals surface area contributed by atoms with Crippen LogP contribution >= 0.6 is 0 Å². The van der Waals surface area contributed by atoms with Crippen LogP contribution in [-0.2, 0) is 11.3 Å². The maximum atomic E-state index is 12.1. The van der Waals surface area contributed by atoms with Crippen LogP contribution in [0.2, 0.25) is 0 Å². The van der Waals surface area contributed by atoms with Crippen molar-refractivity contribution in [1.82, 2.24) is 14.5 Å². The highest BCUT2D eigenvalue weighted by molar-refractivity contribution is 6.02. The SMILES string of the molecule is COc1cc(C)nc(NC(=O)c2cccn2CC(=O)O)n1. The number of carbonyl (C=O) groups is 2. The van der Waals surface area contributed by atoms with Gasteiger partial charge in [0.25, 0.3) is 5.91 Å². The van der Waals surface area contributed by atoms with Crippen LogP contribution in [0, 0.1) is 6.92 Å². The maximum Gasteiger partial charge on any atom is 0.323 e. The van der Waals surface area contributed by atoms with Crippen molar-refractivity contribution in [1.29, 1.82) is 0 Å². The van der Waals surface area contributed by atoms with E-state index in [-0.39, 0.29) is 18.2 Å². The Balaban J connectivity index is 2.20. The monoisotopic (exact) mass is 290 g/mol. The Kier molecular flexibility index (Phi) is 4.17. The fourth-order valence-corrected chi connectivity index (χ4v) is 1.77. The molecule has 2 aromatic rings. The largest absolute Gasteiger partial charge is 0.481 e. The van der Waals surface area contributed by atoms with Crippen LogP contribution in [0.3, 0.4) is 0 Å². The summed E-state index contributed by atoms with van der Waals surface area (Å²) in [5.41, 5.74) is 0.847. The van der Waals surface area contributed by atoms with Crippen molar-refractivity contribution >= 4 is 17.8 Å². The van der Waals surface area contributed by atoms with E-state index in [1.807, 2.05) is 0 Å². The number of nitrogens with zero attached hydrogens (tertiary/aromatic N) is 3. The molecule has 2 N–H and O–H groups in total. The van der Waals surface area contributed by atoms with Gasteiger partial charge >= 0.3 is 5.97 Å². The lowest BCUT2D eigenvalue weighted by molar-refractivity contribution is -0.137. The lowest BCUT2D eigenvalue weighted by Gasteiger charge is -2.08. The quantitative estimate of drug-likeness (QED) is 0.848. The van der Waals surface area contributed by atoms with Crippen molar-refractivity contribution in [2.24, 2.45) is 0 Å². The summed E-state index contributed by atoms with van der Waals surface area (Å²) >= 11 is 0. The molecule has 0 saturated carbocycles. The first kappa shape index (κ1) is 14.5. The number of hydrogen-bond acceptors (Lipinski definition) is 5. The van der Waals surface area contributed by atoms with Gasteiger partial charge in [0.15, 0.2) is 0 Å². The summed E-state index contributed by atoms with van der Waals surface area (Å²) in [6.45, 7) is 1.45. The van der Waals surface area contributed by atoms with E-state index < -0.39 is 11.9 Å². The van der Waals surface area contributed by atoms with E-state index in [9.17, 15) is 9.59 Å². The van der Waals surface area contributed by atoms with E-state index in [2.05, 4.69) is 15.3 Å². The number of rotatable bonds is 5. The van der Waals surface area contributed by atoms with E-state index in [0.29, 0.717) is 11.6 Å². The third-order valence-corrected chi connectivity index (χ3v) is 2.63. The van der Waals surface area contributed by atoms with E-state index in [4.69, 9.17) is 9.84 Å². The summed E-state index contributed by atoms with van der Waals surface area (Å²) in [6, 6.07) is 4.74. The summed E-state index contributed by atoms with van der Waals surface area (Å²) in [5, 5.41) is 11.3. The molecule has 0 aliphatic rings. The highest BCUT2D eigenvalue weighted by Gasteiger charge is 2.14. The second-order valence-corrected chi connectivity index (χ2v) is 4.24. The molecule has 0 unspecified atom stereocenters. The van der Waals surface area contributed by atoms with E-state index in [1.54, 1.807) is 19.1 Å². The molecule has 0 aliphatic heterocycles. The molecule has 0 atom stereocenters. The summed E-state index contributed by atoms with van der Waals surface area (Å²) in [4.78, 5) is 31.0. The van der Waals surface area contributed by atoms with Crippen LogP contribution in [0.15, 0.2) is 24.4 Å². The molecule has 8 heteroatoms. The standard InChI is InChI=1S/C13H14N4O4/c1-8-6-10(21-2)15-13(14-8)16-12(20)9-4-3-5-17(9)7-11(18)19/h3-6H,7H2,1-2H3,(H,18,19)(H,14,15,16,20). The molecule has 110 valence electrons. The van der Waals surface area contributed by atoms with E-state index in [0.717, 1.165) is 0 Å². The average molecular weight is 290 g/mol. The number of carboxylic acids is 1. The summed E-state index contributed by atoms with van der Waals surface area (Å²) in [7, 11) is 1.46. The van der Waals surface area contributed by atoms with Crippen molar-refractivity contribution in [3.05, 3.63) is 35.8 Å². The number of methoxy groups -OCH3 is 1. The highest BCUT2D eigenvalue weighted by Crippen LogP contribution is 2.12. The Labute approximate surface area is 120 Å². The molecular formula is C13H14N4O4. The summed E-state index contributed by atoms with van der Waals surface area (Å²) in [6.07, 6.45) is 1.51. The molecule has 0 fully saturated rings. The minimum atomic E-state index is -1.03. The number of carboxylic acid groups (broad SMARTS) is 1. The number of aliphatic carboxylic acids is 1. The molecular weight excluding hydrogens is 276 g/mol. The first-order chi connectivity index (χ1) is 9.99.